The van der Waals surface area contributed by atoms with E-state index in [1.54, 1.807) is 12.1 Å². The third-order valence-corrected chi connectivity index (χ3v) is 3.68. The second kappa shape index (κ2) is 8.30. The van der Waals surface area contributed by atoms with Crippen molar-refractivity contribution in [2.24, 2.45) is 0 Å². The molecule has 0 aliphatic carbocycles. The Morgan fingerprint density at radius 2 is 2.05 bits per heavy atom. The van der Waals surface area contributed by atoms with Gasteiger partial charge in [0.25, 0.3) is 0 Å². The van der Waals surface area contributed by atoms with Gasteiger partial charge in [0, 0.05) is 17.6 Å². The molecule has 1 aromatic carbocycles. The van der Waals surface area contributed by atoms with Crippen molar-refractivity contribution in [2.45, 2.75) is 25.8 Å². The Bertz CT molecular complexity index is 423. The van der Waals surface area contributed by atoms with Gasteiger partial charge < -0.3 is 15.1 Å². The first-order valence-corrected chi connectivity index (χ1v) is 7.15. The van der Waals surface area contributed by atoms with E-state index in [2.05, 4.69) is 20.8 Å². The third-order valence-electron chi connectivity index (χ3n) is 2.94. The SMILES string of the molecule is CN(CCCCCO)Cc1ccc(C(=O)O)cc1Br. The Balaban J connectivity index is 2.50. The molecule has 5 heteroatoms. The molecule has 1 aromatic rings. The van der Waals surface area contributed by atoms with E-state index in [-0.39, 0.29) is 6.61 Å². The van der Waals surface area contributed by atoms with E-state index in [0.717, 1.165) is 42.4 Å². The average molecular weight is 330 g/mol. The Morgan fingerprint density at radius 3 is 2.63 bits per heavy atom. The van der Waals surface area contributed by atoms with Crippen LogP contribution in [0.5, 0.6) is 0 Å². The number of aromatic carboxylic acids is 1. The van der Waals surface area contributed by atoms with Crippen LogP contribution in [0, 0.1) is 0 Å². The van der Waals surface area contributed by atoms with Gasteiger partial charge in [-0.05, 0) is 50.6 Å². The van der Waals surface area contributed by atoms with Gasteiger partial charge in [0.05, 0.1) is 5.56 Å². The molecular weight excluding hydrogens is 310 g/mol. The number of halogens is 1. The van der Waals surface area contributed by atoms with E-state index in [0.29, 0.717) is 5.56 Å². The minimum atomic E-state index is -0.912. The van der Waals surface area contributed by atoms with Gasteiger partial charge in [-0.15, -0.1) is 0 Å². The summed E-state index contributed by atoms with van der Waals surface area (Å²) in [5.41, 5.74) is 1.37. The molecule has 0 saturated carbocycles. The molecule has 19 heavy (non-hydrogen) atoms. The Morgan fingerprint density at radius 1 is 1.32 bits per heavy atom. The summed E-state index contributed by atoms with van der Waals surface area (Å²) in [7, 11) is 2.04. The number of carboxylic acids is 1. The van der Waals surface area contributed by atoms with Crippen molar-refractivity contribution < 1.29 is 15.0 Å². The molecule has 0 atom stereocenters. The van der Waals surface area contributed by atoms with Crippen molar-refractivity contribution in [2.75, 3.05) is 20.2 Å². The van der Waals surface area contributed by atoms with Crippen LogP contribution in [0.3, 0.4) is 0 Å². The van der Waals surface area contributed by atoms with Crippen LogP contribution in [0.25, 0.3) is 0 Å². The zero-order valence-corrected chi connectivity index (χ0v) is 12.7. The van der Waals surface area contributed by atoms with Gasteiger partial charge in [-0.3, -0.25) is 0 Å². The first-order chi connectivity index (χ1) is 9.04. The lowest BCUT2D eigenvalue weighted by Gasteiger charge is -2.17. The molecule has 4 nitrogen and oxygen atoms in total. The standard InChI is InChI=1S/C14H20BrNO3/c1-16(7-3-2-4-8-17)10-12-6-5-11(14(18)19)9-13(12)15/h5-6,9,17H,2-4,7-8,10H2,1H3,(H,18,19). The third kappa shape index (κ3) is 5.72. The predicted molar refractivity (Wildman–Crippen MR) is 78.4 cm³/mol. The van der Waals surface area contributed by atoms with Crippen LogP contribution < -0.4 is 0 Å². The van der Waals surface area contributed by atoms with E-state index in [1.165, 1.54) is 0 Å². The summed E-state index contributed by atoms with van der Waals surface area (Å²) < 4.78 is 0.828. The summed E-state index contributed by atoms with van der Waals surface area (Å²) in [6.07, 6.45) is 2.94. The quantitative estimate of drug-likeness (QED) is 0.720. The van der Waals surface area contributed by atoms with Crippen molar-refractivity contribution >= 4 is 21.9 Å². The zero-order chi connectivity index (χ0) is 14.3. The highest BCUT2D eigenvalue weighted by molar-refractivity contribution is 9.10. The summed E-state index contributed by atoms with van der Waals surface area (Å²) >= 11 is 3.41. The van der Waals surface area contributed by atoms with Crippen molar-refractivity contribution in [3.05, 3.63) is 33.8 Å². The second-order valence-electron chi connectivity index (χ2n) is 4.63. The van der Waals surface area contributed by atoms with Gasteiger partial charge in [-0.1, -0.05) is 22.0 Å². The molecule has 0 spiro atoms. The highest BCUT2D eigenvalue weighted by Crippen LogP contribution is 2.20. The maximum Gasteiger partial charge on any atom is 0.335 e. The molecule has 0 aliphatic heterocycles. The molecule has 0 unspecified atom stereocenters. The predicted octanol–water partition coefficient (Wildman–Crippen LogP) is 2.74. The Hall–Kier alpha value is -0.910. The van der Waals surface area contributed by atoms with E-state index in [4.69, 9.17) is 10.2 Å². The number of carbonyl (C=O) groups is 1. The molecule has 2 N–H and O–H groups in total. The molecule has 0 saturated heterocycles. The van der Waals surface area contributed by atoms with Crippen LogP contribution in [-0.4, -0.2) is 41.3 Å². The van der Waals surface area contributed by atoms with Gasteiger partial charge in [0.2, 0.25) is 0 Å². The fourth-order valence-corrected chi connectivity index (χ4v) is 2.35. The van der Waals surface area contributed by atoms with Crippen LogP contribution in [0.4, 0.5) is 0 Å². The molecule has 1 rings (SSSR count). The molecule has 0 heterocycles. The Kier molecular flexibility index (Phi) is 7.05. The van der Waals surface area contributed by atoms with E-state index >= 15 is 0 Å². The molecule has 0 aromatic heterocycles. The molecule has 0 bridgehead atoms. The summed E-state index contributed by atoms with van der Waals surface area (Å²) in [5.74, 6) is -0.912. The first kappa shape index (κ1) is 16.1. The van der Waals surface area contributed by atoms with Gasteiger partial charge >= 0.3 is 5.97 Å². The maximum atomic E-state index is 10.8. The molecule has 0 aliphatic rings. The number of aliphatic hydroxyl groups is 1. The lowest BCUT2D eigenvalue weighted by atomic mass is 10.1. The summed E-state index contributed by atoms with van der Waals surface area (Å²) in [6.45, 7) is 2.00. The zero-order valence-electron chi connectivity index (χ0n) is 11.1. The normalized spacial score (nSPS) is 10.9. The number of carboxylic acid groups (broad SMARTS) is 1. The number of unbranched alkanes of at least 4 members (excludes halogenated alkanes) is 2. The Labute approximate surface area is 122 Å². The first-order valence-electron chi connectivity index (χ1n) is 6.35. The summed E-state index contributed by atoms with van der Waals surface area (Å²) in [6, 6.07) is 5.11. The molecular formula is C14H20BrNO3. The largest absolute Gasteiger partial charge is 0.478 e. The molecule has 0 amide bonds. The minimum Gasteiger partial charge on any atom is -0.478 e. The molecule has 0 radical (unpaired) electrons. The number of nitrogens with zero attached hydrogens (tertiary/aromatic N) is 1. The molecule has 106 valence electrons. The monoisotopic (exact) mass is 329 g/mol. The van der Waals surface area contributed by atoms with E-state index in [1.807, 2.05) is 13.1 Å². The highest BCUT2D eigenvalue weighted by Gasteiger charge is 2.08. The van der Waals surface area contributed by atoms with Gasteiger partial charge in [-0.25, -0.2) is 4.79 Å². The maximum absolute atomic E-state index is 10.8. The minimum absolute atomic E-state index is 0.256. The van der Waals surface area contributed by atoms with Crippen LogP contribution in [0.2, 0.25) is 0 Å². The highest BCUT2D eigenvalue weighted by atomic mass is 79.9. The van der Waals surface area contributed by atoms with Crippen molar-refractivity contribution in [3.8, 4) is 0 Å². The number of benzene rings is 1. The van der Waals surface area contributed by atoms with Crippen molar-refractivity contribution in [3.63, 3.8) is 0 Å². The number of hydrogen-bond donors (Lipinski definition) is 2. The van der Waals surface area contributed by atoms with E-state index < -0.39 is 5.97 Å². The van der Waals surface area contributed by atoms with Crippen molar-refractivity contribution in [1.29, 1.82) is 0 Å². The van der Waals surface area contributed by atoms with Gasteiger partial charge in [0.15, 0.2) is 0 Å². The fourth-order valence-electron chi connectivity index (χ4n) is 1.85. The lowest BCUT2D eigenvalue weighted by Crippen LogP contribution is -2.19. The van der Waals surface area contributed by atoms with E-state index in [9.17, 15) is 4.79 Å². The second-order valence-corrected chi connectivity index (χ2v) is 5.49. The van der Waals surface area contributed by atoms with Crippen LogP contribution in [0.1, 0.15) is 35.2 Å². The molecule has 0 fully saturated rings. The number of aliphatic hydroxyl groups excluding tert-OH is 1. The van der Waals surface area contributed by atoms with Gasteiger partial charge in [0.1, 0.15) is 0 Å². The van der Waals surface area contributed by atoms with Crippen molar-refractivity contribution in [1.82, 2.24) is 4.90 Å². The number of hydrogen-bond acceptors (Lipinski definition) is 3. The lowest BCUT2D eigenvalue weighted by molar-refractivity contribution is 0.0697. The van der Waals surface area contributed by atoms with Crippen LogP contribution in [0.15, 0.2) is 22.7 Å². The smallest absolute Gasteiger partial charge is 0.335 e. The van der Waals surface area contributed by atoms with Crippen LogP contribution >= 0.6 is 15.9 Å². The summed E-state index contributed by atoms with van der Waals surface area (Å²) in [5, 5.41) is 17.6. The topological polar surface area (TPSA) is 60.8 Å². The van der Waals surface area contributed by atoms with Crippen LogP contribution in [-0.2, 0) is 6.54 Å². The fraction of sp³-hybridized carbons (Fsp3) is 0.500. The van der Waals surface area contributed by atoms with Gasteiger partial charge in [-0.2, -0.15) is 0 Å². The summed E-state index contributed by atoms with van der Waals surface area (Å²) in [4.78, 5) is 13.0. The average Bonchev–Trinajstić information content (AvgIpc) is 2.37. The number of rotatable bonds is 8.